The van der Waals surface area contributed by atoms with Crippen molar-refractivity contribution in [2.45, 2.75) is 58.4 Å². The lowest BCUT2D eigenvalue weighted by Gasteiger charge is -2.24. The van der Waals surface area contributed by atoms with Gasteiger partial charge in [0.15, 0.2) is 0 Å². The van der Waals surface area contributed by atoms with Gasteiger partial charge in [0, 0.05) is 12.5 Å². The Kier molecular flexibility index (Phi) is 8.22. The van der Waals surface area contributed by atoms with Gasteiger partial charge in [0.25, 0.3) is 5.89 Å². The number of likely N-dealkylation sites (N-methyl/N-ethyl adjacent to an activating group) is 1. The molecule has 27 heavy (non-hydrogen) atoms. The second-order valence-corrected chi connectivity index (χ2v) is 7.91. The first-order valence-electron chi connectivity index (χ1n) is 9.82. The van der Waals surface area contributed by atoms with Gasteiger partial charge in [-0.15, -0.1) is 5.10 Å². The number of carbonyl (C=O) groups is 2. The molecule has 1 fully saturated rings. The van der Waals surface area contributed by atoms with Gasteiger partial charge in [0.1, 0.15) is 6.61 Å². The van der Waals surface area contributed by atoms with E-state index in [1.54, 1.807) is 0 Å². The highest BCUT2D eigenvalue weighted by atomic mass is 16.6. The summed E-state index contributed by atoms with van der Waals surface area (Å²) in [5, 5.41) is 10.5. The first-order valence-corrected chi connectivity index (χ1v) is 9.82. The molecule has 0 saturated heterocycles. The smallest absolute Gasteiger partial charge is 0.415 e. The van der Waals surface area contributed by atoms with Crippen molar-refractivity contribution in [3.05, 3.63) is 5.89 Å². The molecule has 0 aromatic carbocycles. The molecular weight excluding hydrogens is 348 g/mol. The van der Waals surface area contributed by atoms with Crippen molar-refractivity contribution in [3.8, 4) is 6.08 Å². The van der Waals surface area contributed by atoms with E-state index in [0.29, 0.717) is 19.6 Å². The zero-order valence-corrected chi connectivity index (χ0v) is 16.9. The summed E-state index contributed by atoms with van der Waals surface area (Å²) in [6, 6.07) is -0.658. The largest absolute Gasteiger partial charge is 0.448 e. The molecular formula is C19H32N4O4. The van der Waals surface area contributed by atoms with Gasteiger partial charge < -0.3 is 19.4 Å². The van der Waals surface area contributed by atoms with Gasteiger partial charge in [-0.25, -0.2) is 0 Å². The van der Waals surface area contributed by atoms with Crippen LogP contribution in [0, 0.1) is 11.8 Å². The molecule has 1 amide bonds. The summed E-state index contributed by atoms with van der Waals surface area (Å²) >= 11 is 0. The molecule has 1 atom stereocenters. The van der Waals surface area contributed by atoms with E-state index >= 15 is 0 Å². The lowest BCUT2D eigenvalue weighted by Crippen LogP contribution is -2.45. The van der Waals surface area contributed by atoms with Gasteiger partial charge in [-0.05, 0) is 39.3 Å². The molecule has 0 aliphatic heterocycles. The van der Waals surface area contributed by atoms with Gasteiger partial charge in [-0.1, -0.05) is 38.2 Å². The molecule has 1 aliphatic rings. The van der Waals surface area contributed by atoms with Crippen LogP contribution in [0.3, 0.4) is 0 Å². The first-order chi connectivity index (χ1) is 12.9. The average molecular weight is 380 g/mol. The Labute approximate surface area is 161 Å². The van der Waals surface area contributed by atoms with Crippen LogP contribution in [-0.4, -0.2) is 60.1 Å². The number of ketones is 1. The Morgan fingerprint density at radius 1 is 1.22 bits per heavy atom. The maximum Gasteiger partial charge on any atom is 0.415 e. The minimum absolute atomic E-state index is 0.00572. The van der Waals surface area contributed by atoms with Crippen LogP contribution in [-0.2, 0) is 4.79 Å². The standard InChI is InChI=1S/C19H32N4O4/c1-13(2)12-15(20-17(25)14-8-6-5-7-9-14)16(24)18-21-22-19(27-18)26-11-10-23(3)4/h13-15H,5-12H2,1-4H3,(H,20,25). The molecule has 1 aromatic heterocycles. The Balaban J connectivity index is 1.99. The third kappa shape index (κ3) is 6.93. The molecule has 1 saturated carbocycles. The summed E-state index contributed by atoms with van der Waals surface area (Å²) < 4.78 is 10.7. The normalized spacial score (nSPS) is 16.5. The molecule has 1 aliphatic carbocycles. The number of aromatic nitrogens is 2. The van der Waals surface area contributed by atoms with Gasteiger partial charge in [0.2, 0.25) is 11.7 Å². The minimum atomic E-state index is -0.658. The van der Waals surface area contributed by atoms with Crippen LogP contribution in [0.4, 0.5) is 0 Å². The minimum Gasteiger partial charge on any atom is -0.448 e. The Bertz CT molecular complexity index is 609. The fraction of sp³-hybridized carbons (Fsp3) is 0.789. The number of ether oxygens (including phenoxy) is 1. The van der Waals surface area contributed by atoms with E-state index in [9.17, 15) is 9.59 Å². The quantitative estimate of drug-likeness (QED) is 0.622. The van der Waals surface area contributed by atoms with Crippen molar-refractivity contribution in [1.29, 1.82) is 0 Å². The predicted molar refractivity (Wildman–Crippen MR) is 101 cm³/mol. The number of nitrogens with zero attached hydrogens (tertiary/aromatic N) is 3. The Morgan fingerprint density at radius 2 is 1.93 bits per heavy atom. The lowest BCUT2D eigenvalue weighted by molar-refractivity contribution is -0.126. The highest BCUT2D eigenvalue weighted by Crippen LogP contribution is 2.24. The predicted octanol–water partition coefficient (Wildman–Crippen LogP) is 2.30. The van der Waals surface area contributed by atoms with E-state index < -0.39 is 6.04 Å². The lowest BCUT2D eigenvalue weighted by atomic mass is 9.88. The summed E-state index contributed by atoms with van der Waals surface area (Å²) in [5.41, 5.74) is 0. The van der Waals surface area contributed by atoms with Crippen molar-refractivity contribution < 1.29 is 18.7 Å². The summed E-state index contributed by atoms with van der Waals surface area (Å²) in [4.78, 5) is 27.4. The molecule has 1 N–H and O–H groups in total. The third-order valence-corrected chi connectivity index (χ3v) is 4.70. The summed E-state index contributed by atoms with van der Waals surface area (Å²) in [7, 11) is 3.86. The fourth-order valence-electron chi connectivity index (χ4n) is 3.19. The maximum absolute atomic E-state index is 12.8. The molecule has 0 spiro atoms. The molecule has 0 bridgehead atoms. The summed E-state index contributed by atoms with van der Waals surface area (Å²) in [6.07, 6.45) is 5.59. The number of rotatable bonds is 10. The van der Waals surface area contributed by atoms with Gasteiger partial charge in [-0.3, -0.25) is 9.59 Å². The van der Waals surface area contributed by atoms with Crippen molar-refractivity contribution in [2.24, 2.45) is 11.8 Å². The molecule has 8 heteroatoms. The van der Waals surface area contributed by atoms with E-state index in [0.717, 1.165) is 25.7 Å². The van der Waals surface area contributed by atoms with Crippen molar-refractivity contribution in [1.82, 2.24) is 20.4 Å². The number of amides is 1. The van der Waals surface area contributed by atoms with Crippen LogP contribution in [0.15, 0.2) is 4.42 Å². The zero-order chi connectivity index (χ0) is 19.8. The van der Waals surface area contributed by atoms with Crippen LogP contribution in [0.5, 0.6) is 6.08 Å². The fourth-order valence-corrected chi connectivity index (χ4v) is 3.19. The maximum atomic E-state index is 12.8. The number of hydrogen-bond donors (Lipinski definition) is 1. The van der Waals surface area contributed by atoms with Crippen molar-refractivity contribution in [2.75, 3.05) is 27.2 Å². The van der Waals surface area contributed by atoms with Crippen LogP contribution in [0.25, 0.3) is 0 Å². The van der Waals surface area contributed by atoms with E-state index in [-0.39, 0.29) is 35.5 Å². The summed E-state index contributed by atoms with van der Waals surface area (Å²) in [5.74, 6) is -0.291. The number of hydrogen-bond acceptors (Lipinski definition) is 7. The molecule has 1 heterocycles. The highest BCUT2D eigenvalue weighted by molar-refractivity contribution is 5.98. The van der Waals surface area contributed by atoms with Gasteiger partial charge >= 0.3 is 6.08 Å². The average Bonchev–Trinajstić information content (AvgIpc) is 3.09. The van der Waals surface area contributed by atoms with Crippen LogP contribution < -0.4 is 10.1 Å². The van der Waals surface area contributed by atoms with Crippen molar-refractivity contribution >= 4 is 11.7 Å². The van der Waals surface area contributed by atoms with E-state index in [1.165, 1.54) is 6.42 Å². The number of nitrogens with one attached hydrogen (secondary N) is 1. The molecule has 8 nitrogen and oxygen atoms in total. The molecule has 0 radical (unpaired) electrons. The molecule has 1 unspecified atom stereocenters. The Morgan fingerprint density at radius 3 is 2.56 bits per heavy atom. The second kappa shape index (κ2) is 10.4. The SMILES string of the molecule is CC(C)CC(NC(=O)C1CCCCC1)C(=O)c1nnc(OCCN(C)C)o1. The van der Waals surface area contributed by atoms with Gasteiger partial charge in [0.05, 0.1) is 6.04 Å². The zero-order valence-electron chi connectivity index (χ0n) is 16.9. The molecule has 1 aromatic rings. The first kappa shape index (κ1) is 21.3. The number of Topliss-reactive ketones (excluding diaryl/α,β-unsaturated/α-hetero) is 1. The Hall–Kier alpha value is -1.96. The number of carbonyl (C=O) groups excluding carboxylic acids is 2. The van der Waals surface area contributed by atoms with E-state index in [2.05, 4.69) is 15.5 Å². The molecule has 152 valence electrons. The molecule has 2 rings (SSSR count). The topological polar surface area (TPSA) is 97.6 Å². The van der Waals surface area contributed by atoms with Gasteiger partial charge in [-0.2, -0.15) is 0 Å². The van der Waals surface area contributed by atoms with Crippen molar-refractivity contribution in [3.63, 3.8) is 0 Å². The van der Waals surface area contributed by atoms with E-state index in [1.807, 2.05) is 32.8 Å². The van der Waals surface area contributed by atoms with Crippen LogP contribution in [0.2, 0.25) is 0 Å². The van der Waals surface area contributed by atoms with E-state index in [4.69, 9.17) is 9.15 Å². The van der Waals surface area contributed by atoms with Crippen LogP contribution >= 0.6 is 0 Å². The monoisotopic (exact) mass is 380 g/mol. The second-order valence-electron chi connectivity index (χ2n) is 7.91. The van der Waals surface area contributed by atoms with Crippen LogP contribution in [0.1, 0.15) is 63.1 Å². The highest BCUT2D eigenvalue weighted by Gasteiger charge is 2.30. The third-order valence-electron chi connectivity index (χ3n) is 4.70. The summed E-state index contributed by atoms with van der Waals surface area (Å²) in [6.45, 7) is 5.10.